The number of benzene rings is 1. The fraction of sp³-hybridized carbons (Fsp3) is 0.125. The number of hydrogen-bond acceptors (Lipinski definition) is 2. The molecule has 1 aromatic rings. The number of hydrogen-bond donors (Lipinski definition) is 0. The molecular weight excluding hydrogens is 206 g/mol. The van der Waals surface area contributed by atoms with E-state index in [2.05, 4.69) is 20.9 Å². The van der Waals surface area contributed by atoms with Crippen molar-refractivity contribution in [2.45, 2.75) is 6.92 Å². The zero-order chi connectivity index (χ0) is 8.27. The topological polar surface area (TPSA) is 29.4 Å². The van der Waals surface area contributed by atoms with Gasteiger partial charge in [0, 0.05) is 4.47 Å². The third kappa shape index (κ3) is 1.76. The van der Waals surface area contributed by atoms with E-state index >= 15 is 0 Å². The molecule has 0 unspecified atom stereocenters. The molecule has 0 bridgehead atoms. The zero-order valence-corrected chi connectivity index (χ0v) is 7.55. The van der Waals surface area contributed by atoms with E-state index in [0.29, 0.717) is 5.69 Å². The van der Waals surface area contributed by atoms with Crippen LogP contribution in [0.5, 0.6) is 0 Å². The van der Waals surface area contributed by atoms with Gasteiger partial charge in [-0.05, 0) is 34.5 Å². The summed E-state index contributed by atoms with van der Waals surface area (Å²) in [5.74, 6) is 0. The van der Waals surface area contributed by atoms with Crippen LogP contribution in [0, 0.1) is 6.92 Å². The van der Waals surface area contributed by atoms with Gasteiger partial charge in [-0.15, -0.1) is 0 Å². The van der Waals surface area contributed by atoms with Crippen molar-refractivity contribution in [1.82, 2.24) is 0 Å². The molecule has 3 heteroatoms. The average Bonchev–Trinajstić information content (AvgIpc) is 1.99. The second-order valence-electron chi connectivity index (χ2n) is 2.11. The van der Waals surface area contributed by atoms with Crippen molar-refractivity contribution in [1.29, 1.82) is 0 Å². The lowest BCUT2D eigenvalue weighted by molar-refractivity contribution is 0.565. The van der Waals surface area contributed by atoms with Gasteiger partial charge in [0.15, 0.2) is 0 Å². The summed E-state index contributed by atoms with van der Waals surface area (Å²) in [5.41, 5.74) is 1.68. The minimum absolute atomic E-state index is 0.625. The van der Waals surface area contributed by atoms with Crippen LogP contribution in [-0.4, -0.2) is 6.08 Å². The summed E-state index contributed by atoms with van der Waals surface area (Å²) in [5, 5.41) is 0. The van der Waals surface area contributed by atoms with Crippen molar-refractivity contribution in [2.24, 2.45) is 4.99 Å². The van der Waals surface area contributed by atoms with Crippen molar-refractivity contribution in [3.63, 3.8) is 0 Å². The molecule has 56 valence electrons. The zero-order valence-electron chi connectivity index (χ0n) is 5.97. The van der Waals surface area contributed by atoms with Crippen LogP contribution in [0.2, 0.25) is 0 Å². The lowest BCUT2D eigenvalue weighted by atomic mass is 10.2. The first-order chi connectivity index (χ1) is 5.25. The molecule has 0 spiro atoms. The Morgan fingerprint density at radius 1 is 1.55 bits per heavy atom. The highest BCUT2D eigenvalue weighted by atomic mass is 79.9. The number of halogens is 1. The molecule has 1 rings (SSSR count). The molecule has 0 N–H and O–H groups in total. The summed E-state index contributed by atoms with van der Waals surface area (Å²) >= 11 is 3.31. The summed E-state index contributed by atoms with van der Waals surface area (Å²) in [6.45, 7) is 1.94. The molecule has 0 atom stereocenters. The maximum Gasteiger partial charge on any atom is 0.240 e. The molecule has 0 aromatic heterocycles. The Labute approximate surface area is 73.1 Å². The minimum atomic E-state index is 0.625. The number of nitrogens with zero attached hydrogens (tertiary/aromatic N) is 1. The molecule has 0 heterocycles. The Morgan fingerprint density at radius 3 is 2.91 bits per heavy atom. The van der Waals surface area contributed by atoms with Crippen molar-refractivity contribution in [3.8, 4) is 0 Å². The van der Waals surface area contributed by atoms with Crippen LogP contribution in [0.1, 0.15) is 5.56 Å². The molecular formula is C8H6BrNO. The minimum Gasteiger partial charge on any atom is -0.211 e. The van der Waals surface area contributed by atoms with Gasteiger partial charge in [-0.2, -0.15) is 4.99 Å². The SMILES string of the molecule is Cc1cccc(N=C=O)c1Br. The summed E-state index contributed by atoms with van der Waals surface area (Å²) in [6, 6.07) is 5.53. The predicted octanol–water partition coefficient (Wildman–Crippen LogP) is 2.72. The predicted molar refractivity (Wildman–Crippen MR) is 46.7 cm³/mol. The van der Waals surface area contributed by atoms with E-state index < -0.39 is 0 Å². The molecule has 11 heavy (non-hydrogen) atoms. The van der Waals surface area contributed by atoms with Crippen molar-refractivity contribution >= 4 is 27.7 Å². The van der Waals surface area contributed by atoms with Gasteiger partial charge in [-0.3, -0.25) is 0 Å². The molecule has 0 aliphatic rings. The molecule has 0 fully saturated rings. The van der Waals surface area contributed by atoms with E-state index in [0.717, 1.165) is 10.0 Å². The van der Waals surface area contributed by atoms with Gasteiger partial charge >= 0.3 is 0 Å². The number of carbonyl (C=O) groups excluding carboxylic acids is 1. The molecule has 2 nitrogen and oxygen atoms in total. The van der Waals surface area contributed by atoms with Gasteiger partial charge in [0.05, 0.1) is 5.69 Å². The first kappa shape index (κ1) is 8.18. The van der Waals surface area contributed by atoms with E-state index in [1.165, 1.54) is 6.08 Å². The maximum atomic E-state index is 9.93. The van der Waals surface area contributed by atoms with Crippen molar-refractivity contribution < 1.29 is 4.79 Å². The van der Waals surface area contributed by atoms with E-state index in [1.807, 2.05) is 19.1 Å². The Bertz CT molecular complexity index is 316. The fourth-order valence-corrected chi connectivity index (χ4v) is 1.12. The third-order valence-electron chi connectivity index (χ3n) is 1.34. The number of aryl methyl sites for hydroxylation is 1. The lowest BCUT2D eigenvalue weighted by Crippen LogP contribution is -1.74. The van der Waals surface area contributed by atoms with Gasteiger partial charge in [-0.25, -0.2) is 4.79 Å². The standard InChI is InChI=1S/C8H6BrNO/c1-6-3-2-4-7(8(6)9)10-5-11/h2-4H,1H3. The normalized spacial score (nSPS) is 8.91. The Morgan fingerprint density at radius 2 is 2.27 bits per heavy atom. The molecule has 0 saturated heterocycles. The van der Waals surface area contributed by atoms with Crippen LogP contribution in [-0.2, 0) is 4.79 Å². The van der Waals surface area contributed by atoms with Gasteiger partial charge in [0.2, 0.25) is 6.08 Å². The summed E-state index contributed by atoms with van der Waals surface area (Å²) in [6.07, 6.45) is 1.50. The third-order valence-corrected chi connectivity index (χ3v) is 2.37. The summed E-state index contributed by atoms with van der Waals surface area (Å²) < 4.78 is 0.850. The maximum absolute atomic E-state index is 9.93. The van der Waals surface area contributed by atoms with E-state index in [9.17, 15) is 4.79 Å². The number of rotatable bonds is 1. The van der Waals surface area contributed by atoms with Crippen LogP contribution < -0.4 is 0 Å². The molecule has 0 amide bonds. The highest BCUT2D eigenvalue weighted by molar-refractivity contribution is 9.10. The van der Waals surface area contributed by atoms with Crippen molar-refractivity contribution in [2.75, 3.05) is 0 Å². The largest absolute Gasteiger partial charge is 0.240 e. The van der Waals surface area contributed by atoms with Crippen LogP contribution in [0.15, 0.2) is 27.7 Å². The molecule has 1 aromatic carbocycles. The van der Waals surface area contributed by atoms with E-state index in [-0.39, 0.29) is 0 Å². The molecule has 0 radical (unpaired) electrons. The first-order valence-corrected chi connectivity index (χ1v) is 3.88. The van der Waals surface area contributed by atoms with Crippen LogP contribution in [0.25, 0.3) is 0 Å². The molecule has 0 saturated carbocycles. The number of aliphatic imine (C=N–C) groups is 1. The second kappa shape index (κ2) is 3.46. The highest BCUT2D eigenvalue weighted by Gasteiger charge is 1.98. The Kier molecular flexibility index (Phi) is 2.58. The first-order valence-electron chi connectivity index (χ1n) is 3.08. The fourth-order valence-electron chi connectivity index (χ4n) is 0.767. The smallest absolute Gasteiger partial charge is 0.211 e. The summed E-state index contributed by atoms with van der Waals surface area (Å²) in [7, 11) is 0. The van der Waals surface area contributed by atoms with Gasteiger partial charge in [0.1, 0.15) is 0 Å². The molecule has 0 aliphatic carbocycles. The van der Waals surface area contributed by atoms with Gasteiger partial charge < -0.3 is 0 Å². The highest BCUT2D eigenvalue weighted by Crippen LogP contribution is 2.27. The van der Waals surface area contributed by atoms with Gasteiger partial charge in [-0.1, -0.05) is 12.1 Å². The van der Waals surface area contributed by atoms with Crippen LogP contribution in [0.4, 0.5) is 5.69 Å². The second-order valence-corrected chi connectivity index (χ2v) is 2.90. The molecule has 0 aliphatic heterocycles. The Balaban J connectivity index is 3.26. The van der Waals surface area contributed by atoms with E-state index in [1.54, 1.807) is 6.07 Å². The van der Waals surface area contributed by atoms with Crippen LogP contribution in [0.3, 0.4) is 0 Å². The van der Waals surface area contributed by atoms with E-state index in [4.69, 9.17) is 0 Å². The lowest BCUT2D eigenvalue weighted by Gasteiger charge is -1.98. The Hall–Kier alpha value is -0.920. The quantitative estimate of drug-likeness (QED) is 0.519. The average molecular weight is 212 g/mol. The van der Waals surface area contributed by atoms with Gasteiger partial charge in [0.25, 0.3) is 0 Å². The summed E-state index contributed by atoms with van der Waals surface area (Å²) in [4.78, 5) is 13.4. The number of isocyanates is 1. The van der Waals surface area contributed by atoms with Crippen molar-refractivity contribution in [3.05, 3.63) is 28.2 Å². The monoisotopic (exact) mass is 211 g/mol. The van der Waals surface area contributed by atoms with Crippen LogP contribution >= 0.6 is 15.9 Å².